The molecule has 1 aliphatic heterocycles. The van der Waals surface area contributed by atoms with Gasteiger partial charge in [0.2, 0.25) is 11.2 Å². The number of carbonyl (C=O) groups excluding carboxylic acids is 1. The van der Waals surface area contributed by atoms with Crippen molar-refractivity contribution in [2.24, 2.45) is 5.92 Å². The molecule has 94 valence electrons. The van der Waals surface area contributed by atoms with Crippen LogP contribution in [0.25, 0.3) is 11.2 Å². The van der Waals surface area contributed by atoms with Crippen LogP contribution in [0.5, 0.6) is 0 Å². The quantitative estimate of drug-likeness (QED) is 0.672. The number of imidazole rings is 1. The Kier molecular flexibility index (Phi) is 2.95. The Balaban J connectivity index is 2.09. The van der Waals surface area contributed by atoms with E-state index in [1.165, 1.54) is 6.33 Å². The van der Waals surface area contributed by atoms with Crippen molar-refractivity contribution in [3.63, 3.8) is 0 Å². The largest absolute Gasteiger partial charge is 0.340 e. The number of hydrogen-bond donors (Lipinski definition) is 1. The van der Waals surface area contributed by atoms with Gasteiger partial charge in [-0.15, -0.1) is 0 Å². The highest BCUT2D eigenvalue weighted by molar-refractivity contribution is 9.09. The number of halogens is 2. The Morgan fingerprint density at radius 1 is 1.56 bits per heavy atom. The van der Waals surface area contributed by atoms with Gasteiger partial charge < -0.3 is 4.98 Å². The van der Waals surface area contributed by atoms with Crippen LogP contribution in [-0.2, 0) is 4.79 Å². The van der Waals surface area contributed by atoms with Crippen LogP contribution >= 0.6 is 27.5 Å². The Morgan fingerprint density at radius 2 is 2.39 bits per heavy atom. The lowest BCUT2D eigenvalue weighted by atomic mass is 10.2. The number of amides is 1. The summed E-state index contributed by atoms with van der Waals surface area (Å²) in [5.74, 6) is 0.852. The monoisotopic (exact) mass is 329 g/mol. The predicted molar refractivity (Wildman–Crippen MR) is 70.9 cm³/mol. The molecule has 0 radical (unpaired) electrons. The number of fused-ring (bicyclic) bond motifs is 1. The maximum Gasteiger partial charge on any atom is 0.228 e. The second kappa shape index (κ2) is 4.47. The van der Waals surface area contributed by atoms with E-state index in [2.05, 4.69) is 35.9 Å². The van der Waals surface area contributed by atoms with Gasteiger partial charge in [0.05, 0.1) is 6.33 Å². The summed E-state index contributed by atoms with van der Waals surface area (Å²) in [5.41, 5.74) is 1.11. The van der Waals surface area contributed by atoms with E-state index >= 15 is 0 Å². The molecule has 2 aromatic rings. The number of alkyl halides is 1. The van der Waals surface area contributed by atoms with E-state index in [-0.39, 0.29) is 11.2 Å². The van der Waals surface area contributed by atoms with E-state index in [9.17, 15) is 4.79 Å². The maximum atomic E-state index is 12.0. The first-order chi connectivity index (χ1) is 8.69. The van der Waals surface area contributed by atoms with Gasteiger partial charge >= 0.3 is 0 Å². The molecule has 3 heterocycles. The van der Waals surface area contributed by atoms with Gasteiger partial charge in [-0.3, -0.25) is 9.69 Å². The van der Waals surface area contributed by atoms with Gasteiger partial charge in [0.25, 0.3) is 0 Å². The van der Waals surface area contributed by atoms with E-state index in [0.717, 1.165) is 5.33 Å². The molecule has 1 N–H and O–H groups in total. The molecule has 1 saturated heterocycles. The summed E-state index contributed by atoms with van der Waals surface area (Å²) in [6.45, 7) is 0.631. The molecular weight excluding hydrogens is 322 g/mol. The van der Waals surface area contributed by atoms with Crippen LogP contribution < -0.4 is 4.90 Å². The van der Waals surface area contributed by atoms with Crippen molar-refractivity contribution in [2.75, 3.05) is 16.8 Å². The van der Waals surface area contributed by atoms with Crippen molar-refractivity contribution in [3.05, 3.63) is 11.6 Å². The fourth-order valence-electron chi connectivity index (χ4n) is 2.08. The number of aromatic nitrogens is 4. The first kappa shape index (κ1) is 11.9. The topological polar surface area (TPSA) is 74.8 Å². The first-order valence-electron chi connectivity index (χ1n) is 5.42. The molecule has 0 spiro atoms. The van der Waals surface area contributed by atoms with Crippen molar-refractivity contribution in [3.8, 4) is 0 Å². The summed E-state index contributed by atoms with van der Waals surface area (Å²) in [5, 5.41) is 0.889. The number of anilines is 1. The third kappa shape index (κ3) is 1.87. The number of nitrogens with one attached hydrogen (secondary N) is 1. The minimum atomic E-state index is 0.0464. The highest BCUT2D eigenvalue weighted by Gasteiger charge is 2.32. The highest BCUT2D eigenvalue weighted by Crippen LogP contribution is 2.29. The molecule has 1 unspecified atom stereocenters. The zero-order chi connectivity index (χ0) is 12.7. The Morgan fingerprint density at radius 3 is 3.11 bits per heavy atom. The van der Waals surface area contributed by atoms with Crippen LogP contribution in [0.1, 0.15) is 6.42 Å². The van der Waals surface area contributed by atoms with Crippen LogP contribution in [0.4, 0.5) is 5.82 Å². The summed E-state index contributed by atoms with van der Waals surface area (Å²) in [4.78, 5) is 28.8. The molecule has 0 saturated carbocycles. The van der Waals surface area contributed by atoms with E-state index in [1.54, 1.807) is 4.90 Å². The van der Waals surface area contributed by atoms with E-state index < -0.39 is 0 Å². The summed E-state index contributed by atoms with van der Waals surface area (Å²) in [6.07, 6.45) is 2.03. The van der Waals surface area contributed by atoms with Gasteiger partial charge in [-0.2, -0.15) is 9.97 Å². The van der Waals surface area contributed by atoms with E-state index in [4.69, 9.17) is 11.6 Å². The van der Waals surface area contributed by atoms with Gasteiger partial charge in [-0.25, -0.2) is 4.98 Å². The average Bonchev–Trinajstić information content (AvgIpc) is 2.94. The van der Waals surface area contributed by atoms with Crippen molar-refractivity contribution in [1.29, 1.82) is 0 Å². The molecule has 18 heavy (non-hydrogen) atoms. The lowest BCUT2D eigenvalue weighted by Crippen LogP contribution is -2.26. The third-order valence-corrected chi connectivity index (χ3v) is 4.00. The number of H-pyrrole nitrogens is 1. The van der Waals surface area contributed by atoms with Crippen molar-refractivity contribution < 1.29 is 4.79 Å². The molecule has 1 atom stereocenters. The minimum absolute atomic E-state index is 0.0464. The van der Waals surface area contributed by atoms with Crippen LogP contribution in [0.2, 0.25) is 5.28 Å². The smallest absolute Gasteiger partial charge is 0.228 e. The molecule has 2 aromatic heterocycles. The fraction of sp³-hybridized carbons (Fsp3) is 0.400. The summed E-state index contributed by atoms with van der Waals surface area (Å²) in [6, 6.07) is 0. The molecule has 3 rings (SSSR count). The number of carbonyl (C=O) groups is 1. The third-order valence-electron chi connectivity index (χ3n) is 2.92. The standard InChI is InChI=1S/C10H9BrClN5O/c11-2-5-1-6(18)17(3-5)9-7-8(14-4-13-7)15-10(12)16-9/h4-5H,1-3H2,(H,13,14,15,16). The average molecular weight is 331 g/mol. The van der Waals surface area contributed by atoms with E-state index in [0.29, 0.717) is 35.9 Å². The summed E-state index contributed by atoms with van der Waals surface area (Å²) < 4.78 is 0. The molecule has 6 nitrogen and oxygen atoms in total. The number of hydrogen-bond acceptors (Lipinski definition) is 4. The first-order valence-corrected chi connectivity index (χ1v) is 6.92. The Labute approximate surface area is 116 Å². The number of nitrogens with zero attached hydrogens (tertiary/aromatic N) is 4. The second-order valence-corrected chi connectivity index (χ2v) is 5.13. The lowest BCUT2D eigenvalue weighted by molar-refractivity contribution is -0.117. The van der Waals surface area contributed by atoms with Gasteiger partial charge in [-0.05, 0) is 17.5 Å². The number of rotatable bonds is 2. The molecule has 0 bridgehead atoms. The van der Waals surface area contributed by atoms with Gasteiger partial charge in [0, 0.05) is 18.3 Å². The molecule has 1 fully saturated rings. The molecule has 0 aliphatic carbocycles. The predicted octanol–water partition coefficient (Wildman–Crippen LogP) is 1.75. The molecule has 1 amide bonds. The highest BCUT2D eigenvalue weighted by atomic mass is 79.9. The Hall–Kier alpha value is -1.21. The molecule has 1 aliphatic rings. The fourth-order valence-corrected chi connectivity index (χ4v) is 2.67. The molecule has 8 heteroatoms. The van der Waals surface area contributed by atoms with Gasteiger partial charge in [0.15, 0.2) is 11.5 Å². The maximum absolute atomic E-state index is 12.0. The van der Waals surface area contributed by atoms with Crippen molar-refractivity contribution >= 4 is 50.4 Å². The SMILES string of the molecule is O=C1CC(CBr)CN1c1nc(Cl)nc2nc[nH]c12. The van der Waals surface area contributed by atoms with Crippen LogP contribution in [0.3, 0.4) is 0 Å². The summed E-state index contributed by atoms with van der Waals surface area (Å²) >= 11 is 9.26. The van der Waals surface area contributed by atoms with Crippen LogP contribution in [-0.4, -0.2) is 37.7 Å². The number of aromatic amines is 1. The van der Waals surface area contributed by atoms with E-state index in [1.807, 2.05) is 0 Å². The second-order valence-electron chi connectivity index (χ2n) is 4.15. The van der Waals surface area contributed by atoms with Gasteiger partial charge in [0.1, 0.15) is 5.52 Å². The zero-order valence-corrected chi connectivity index (χ0v) is 11.6. The van der Waals surface area contributed by atoms with Gasteiger partial charge in [-0.1, -0.05) is 15.9 Å². The minimum Gasteiger partial charge on any atom is -0.340 e. The molecular formula is C10H9BrClN5O. The van der Waals surface area contributed by atoms with Crippen LogP contribution in [0, 0.1) is 5.92 Å². The summed E-state index contributed by atoms with van der Waals surface area (Å²) in [7, 11) is 0. The lowest BCUT2D eigenvalue weighted by Gasteiger charge is -2.15. The zero-order valence-electron chi connectivity index (χ0n) is 9.23. The Bertz CT molecular complexity index is 615. The molecule has 0 aromatic carbocycles. The van der Waals surface area contributed by atoms with Crippen LogP contribution in [0.15, 0.2) is 6.33 Å². The van der Waals surface area contributed by atoms with Crippen molar-refractivity contribution in [2.45, 2.75) is 6.42 Å². The normalized spacial score (nSPS) is 20.0. The van der Waals surface area contributed by atoms with Crippen molar-refractivity contribution in [1.82, 2.24) is 19.9 Å².